The minimum atomic E-state index is -0.742. The number of nitrogens with zero attached hydrogens (tertiary/aromatic N) is 2. The molecule has 2 atom stereocenters. The van der Waals surface area contributed by atoms with Crippen LogP contribution >= 0.6 is 0 Å². The molecule has 0 radical (unpaired) electrons. The molecule has 2 amide bonds. The molecular formula is C27H35N3O7. The van der Waals surface area contributed by atoms with Crippen LogP contribution in [0.25, 0.3) is 0 Å². The quantitative estimate of drug-likeness (QED) is 0.320. The number of hydrogen-bond donors (Lipinski definition) is 3. The first kappa shape index (κ1) is 27.8. The maximum absolute atomic E-state index is 12.9. The number of carbonyl (C=O) groups excluding carboxylic acids is 3. The fraction of sp³-hybridized carbons (Fsp3) is 0.481. The second kappa shape index (κ2) is 13.5. The molecule has 2 aliphatic heterocycles. The molecule has 37 heavy (non-hydrogen) atoms. The third-order valence-corrected chi connectivity index (χ3v) is 6.07. The summed E-state index contributed by atoms with van der Waals surface area (Å²) >= 11 is 0. The van der Waals surface area contributed by atoms with Gasteiger partial charge in [0.25, 0.3) is 5.91 Å². The van der Waals surface area contributed by atoms with E-state index in [1.807, 2.05) is 12.2 Å². The zero-order chi connectivity index (χ0) is 26.8. The van der Waals surface area contributed by atoms with Crippen LogP contribution in [0.2, 0.25) is 0 Å². The summed E-state index contributed by atoms with van der Waals surface area (Å²) in [5.41, 5.74) is 0.559. The average Bonchev–Trinajstić information content (AvgIpc) is 2.82. The number of ether oxygens (including phenoxy) is 1. The lowest BCUT2D eigenvalue weighted by Crippen LogP contribution is -2.37. The van der Waals surface area contributed by atoms with E-state index in [1.54, 1.807) is 24.0 Å². The van der Waals surface area contributed by atoms with Crippen molar-refractivity contribution in [3.8, 4) is 11.5 Å². The van der Waals surface area contributed by atoms with E-state index >= 15 is 0 Å². The van der Waals surface area contributed by atoms with Gasteiger partial charge in [0.05, 0.1) is 11.8 Å². The van der Waals surface area contributed by atoms with E-state index in [0.29, 0.717) is 31.6 Å². The van der Waals surface area contributed by atoms with Gasteiger partial charge in [-0.15, -0.1) is 0 Å². The van der Waals surface area contributed by atoms with Gasteiger partial charge in [0.15, 0.2) is 6.61 Å². The molecule has 200 valence electrons. The molecule has 1 aromatic rings. The SMILES string of the molecule is CC(=O)N[C@H]1/C=C/C[C@@H](C)OC(=O)c2c(O)cc(O)cc2CC(=NOCC(=O)N2CCCCC2)/C=C/C1. The van der Waals surface area contributed by atoms with Crippen molar-refractivity contribution >= 4 is 23.5 Å². The Labute approximate surface area is 216 Å². The van der Waals surface area contributed by atoms with Crippen LogP contribution in [0.3, 0.4) is 0 Å². The first-order valence-corrected chi connectivity index (χ1v) is 12.6. The Bertz CT molecular complexity index is 1070. The fourth-order valence-electron chi connectivity index (χ4n) is 4.29. The summed E-state index contributed by atoms with van der Waals surface area (Å²) in [7, 11) is 0. The highest BCUT2D eigenvalue weighted by molar-refractivity contribution is 6.00. The lowest BCUT2D eigenvalue weighted by Gasteiger charge is -2.26. The number of piperidine rings is 1. The third-order valence-electron chi connectivity index (χ3n) is 6.07. The van der Waals surface area contributed by atoms with Crippen molar-refractivity contribution in [1.82, 2.24) is 10.2 Å². The number of phenolic OH excluding ortho intramolecular Hbond substituents is 2. The molecule has 0 spiro atoms. The standard InChI is InChI=1S/C27H35N3O7/c1-18-8-6-9-21(28-19(2)31)10-7-11-22(29-36-17-25(34)30-12-4-3-5-13-30)14-20-15-23(32)16-24(33)26(20)27(35)37-18/h6-7,9,11,15-16,18,21,32-33H,3-5,8,10,12-14,17H2,1-2H3,(H,28,31)/b9-6+,11-7+,29-22?/t18-,21+/m1/s1. The van der Waals surface area contributed by atoms with Crippen LogP contribution in [-0.2, 0) is 25.6 Å². The molecule has 0 aliphatic carbocycles. The average molecular weight is 514 g/mol. The van der Waals surface area contributed by atoms with E-state index in [1.165, 1.54) is 13.0 Å². The van der Waals surface area contributed by atoms with Gasteiger partial charge in [-0.05, 0) is 50.3 Å². The summed E-state index contributed by atoms with van der Waals surface area (Å²) in [4.78, 5) is 44.2. The fourth-order valence-corrected chi connectivity index (χ4v) is 4.29. The summed E-state index contributed by atoms with van der Waals surface area (Å²) in [6.07, 6.45) is 10.5. The van der Waals surface area contributed by atoms with Crippen LogP contribution in [0.1, 0.15) is 61.9 Å². The Morgan fingerprint density at radius 3 is 2.65 bits per heavy atom. The van der Waals surface area contributed by atoms with Crippen LogP contribution in [0, 0.1) is 0 Å². The number of fused-ring (bicyclic) bond motifs is 1. The lowest BCUT2D eigenvalue weighted by atomic mass is 9.99. The van der Waals surface area contributed by atoms with E-state index < -0.39 is 17.8 Å². The van der Waals surface area contributed by atoms with E-state index in [9.17, 15) is 24.6 Å². The molecule has 1 saturated heterocycles. The van der Waals surface area contributed by atoms with Crippen LogP contribution in [0.4, 0.5) is 0 Å². The molecule has 0 bridgehead atoms. The molecule has 0 saturated carbocycles. The molecule has 3 N–H and O–H groups in total. The number of oxime groups is 1. The second-order valence-corrected chi connectivity index (χ2v) is 9.30. The second-order valence-electron chi connectivity index (χ2n) is 9.30. The number of phenols is 2. The number of aromatic hydroxyl groups is 2. The van der Waals surface area contributed by atoms with E-state index in [0.717, 1.165) is 25.3 Å². The van der Waals surface area contributed by atoms with Gasteiger partial charge in [-0.2, -0.15) is 0 Å². The van der Waals surface area contributed by atoms with Crippen LogP contribution in [0.5, 0.6) is 11.5 Å². The molecular weight excluding hydrogens is 478 g/mol. The highest BCUT2D eigenvalue weighted by atomic mass is 16.6. The molecule has 10 nitrogen and oxygen atoms in total. The van der Waals surface area contributed by atoms with Crippen molar-refractivity contribution in [3.05, 3.63) is 47.6 Å². The number of rotatable bonds is 4. The van der Waals surface area contributed by atoms with Crippen molar-refractivity contribution < 1.29 is 34.2 Å². The predicted octanol–water partition coefficient (Wildman–Crippen LogP) is 2.98. The van der Waals surface area contributed by atoms with Crippen molar-refractivity contribution in [2.75, 3.05) is 19.7 Å². The summed E-state index contributed by atoms with van der Waals surface area (Å²) < 4.78 is 5.52. The van der Waals surface area contributed by atoms with Gasteiger partial charge in [-0.3, -0.25) is 9.59 Å². The zero-order valence-electron chi connectivity index (χ0n) is 21.3. The molecule has 1 aromatic carbocycles. The van der Waals surface area contributed by atoms with Crippen LogP contribution < -0.4 is 5.32 Å². The van der Waals surface area contributed by atoms with Crippen molar-refractivity contribution in [1.29, 1.82) is 0 Å². The van der Waals surface area contributed by atoms with Gasteiger partial charge in [0, 0.05) is 38.9 Å². The minimum absolute atomic E-state index is 0.00974. The summed E-state index contributed by atoms with van der Waals surface area (Å²) in [6.45, 7) is 4.32. The first-order chi connectivity index (χ1) is 17.7. The summed E-state index contributed by atoms with van der Waals surface area (Å²) in [6, 6.07) is 2.14. The lowest BCUT2D eigenvalue weighted by molar-refractivity contribution is -0.137. The molecule has 2 heterocycles. The van der Waals surface area contributed by atoms with Crippen LogP contribution in [-0.4, -0.2) is 70.5 Å². The summed E-state index contributed by atoms with van der Waals surface area (Å²) in [5.74, 6) is -1.72. The highest BCUT2D eigenvalue weighted by Gasteiger charge is 2.23. The zero-order valence-corrected chi connectivity index (χ0v) is 21.3. The smallest absolute Gasteiger partial charge is 0.342 e. The number of carbonyl (C=O) groups is 3. The van der Waals surface area contributed by atoms with Crippen molar-refractivity contribution in [3.63, 3.8) is 0 Å². The first-order valence-electron chi connectivity index (χ1n) is 12.6. The van der Waals surface area contributed by atoms with Gasteiger partial charge in [0.2, 0.25) is 5.91 Å². The highest BCUT2D eigenvalue weighted by Crippen LogP contribution is 2.29. The number of nitrogens with one attached hydrogen (secondary N) is 1. The number of cyclic esters (lactones) is 1. The molecule has 0 unspecified atom stereocenters. The minimum Gasteiger partial charge on any atom is -0.508 e. The van der Waals surface area contributed by atoms with Crippen molar-refractivity contribution in [2.24, 2.45) is 5.16 Å². The third kappa shape index (κ3) is 8.66. The maximum atomic E-state index is 12.9. The summed E-state index contributed by atoms with van der Waals surface area (Å²) in [5, 5.41) is 27.5. The Hall–Kier alpha value is -3.82. The molecule has 1 fully saturated rings. The molecule has 0 aromatic heterocycles. The molecule has 3 rings (SSSR count). The number of esters is 1. The Morgan fingerprint density at radius 1 is 1.16 bits per heavy atom. The maximum Gasteiger partial charge on any atom is 0.342 e. The number of benzene rings is 1. The normalized spacial score (nSPS) is 23.8. The van der Waals surface area contributed by atoms with Crippen molar-refractivity contribution in [2.45, 2.75) is 64.5 Å². The monoisotopic (exact) mass is 513 g/mol. The Kier molecular flexibility index (Phi) is 10.1. The van der Waals surface area contributed by atoms with E-state index in [2.05, 4.69) is 10.5 Å². The Balaban J connectivity index is 1.89. The largest absolute Gasteiger partial charge is 0.508 e. The number of amides is 2. The Morgan fingerprint density at radius 2 is 1.92 bits per heavy atom. The van der Waals surface area contributed by atoms with Gasteiger partial charge in [0.1, 0.15) is 23.2 Å². The molecule has 10 heteroatoms. The van der Waals surface area contributed by atoms with Gasteiger partial charge < -0.3 is 30.0 Å². The topological polar surface area (TPSA) is 138 Å². The molecule has 2 aliphatic rings. The number of hydrogen-bond acceptors (Lipinski definition) is 8. The van der Waals surface area contributed by atoms with Crippen LogP contribution in [0.15, 0.2) is 41.6 Å². The van der Waals surface area contributed by atoms with Gasteiger partial charge >= 0.3 is 5.97 Å². The number of allylic oxidation sites excluding steroid dienone is 1. The van der Waals surface area contributed by atoms with Gasteiger partial charge in [-0.1, -0.05) is 23.4 Å². The van der Waals surface area contributed by atoms with E-state index in [-0.39, 0.29) is 47.8 Å². The van der Waals surface area contributed by atoms with Gasteiger partial charge in [-0.25, -0.2) is 4.79 Å². The van der Waals surface area contributed by atoms with E-state index in [4.69, 9.17) is 9.57 Å². The predicted molar refractivity (Wildman–Crippen MR) is 137 cm³/mol. The number of likely N-dealkylation sites (tertiary alicyclic amines) is 1.